The fraction of sp³-hybridized carbons (Fsp3) is 0.500. The number of aliphatic hydroxyl groups is 1. The lowest BCUT2D eigenvalue weighted by atomic mass is 10.0. The minimum atomic E-state index is -1.26. The second-order valence-corrected chi connectivity index (χ2v) is 5.87. The first-order valence-corrected chi connectivity index (χ1v) is 7.68. The van der Waals surface area contributed by atoms with Gasteiger partial charge < -0.3 is 25.7 Å². The van der Waals surface area contributed by atoms with Crippen LogP contribution in [0.5, 0.6) is 0 Å². The number of hydrogen-bond donors (Lipinski definition) is 4. The maximum Gasteiger partial charge on any atom is 0.404 e. The second-order valence-electron chi connectivity index (χ2n) is 5.87. The van der Waals surface area contributed by atoms with Gasteiger partial charge in [-0.15, -0.1) is 0 Å². The molecule has 1 atom stereocenters. The molecule has 1 aliphatic heterocycles. The summed E-state index contributed by atoms with van der Waals surface area (Å²) >= 11 is 0. The Morgan fingerprint density at radius 1 is 1.26 bits per heavy atom. The molecule has 0 aromatic heterocycles. The summed E-state index contributed by atoms with van der Waals surface area (Å²) in [5, 5.41) is 22.6. The van der Waals surface area contributed by atoms with Crippen LogP contribution in [0.2, 0.25) is 0 Å². The van der Waals surface area contributed by atoms with Gasteiger partial charge in [0.1, 0.15) is 0 Å². The summed E-state index contributed by atoms with van der Waals surface area (Å²) in [5.74, 6) is -0.330. The minimum Gasteiger partial charge on any atom is -0.465 e. The Balaban J connectivity index is 1.97. The van der Waals surface area contributed by atoms with E-state index in [1.807, 2.05) is 18.2 Å². The molecule has 1 aromatic rings. The van der Waals surface area contributed by atoms with E-state index in [0.717, 1.165) is 25.9 Å². The quantitative estimate of drug-likeness (QED) is 0.638. The Morgan fingerprint density at radius 2 is 1.96 bits per heavy atom. The molecule has 0 saturated carbocycles. The molecule has 7 heteroatoms. The molecule has 1 aromatic carbocycles. The van der Waals surface area contributed by atoms with Crippen molar-refractivity contribution < 1.29 is 19.8 Å². The van der Waals surface area contributed by atoms with E-state index in [2.05, 4.69) is 22.6 Å². The zero-order chi connectivity index (χ0) is 16.8. The highest BCUT2D eigenvalue weighted by Crippen LogP contribution is 2.20. The molecular formula is C16H23N3O4. The number of carbonyl (C=O) groups excluding carboxylic acids is 1. The molecule has 0 radical (unpaired) electrons. The van der Waals surface area contributed by atoms with Gasteiger partial charge in [0.15, 0.2) is 0 Å². The number of hydrogen-bond acceptors (Lipinski definition) is 4. The van der Waals surface area contributed by atoms with Crippen molar-refractivity contribution in [2.75, 3.05) is 32.1 Å². The first kappa shape index (κ1) is 17.2. The van der Waals surface area contributed by atoms with Crippen LogP contribution in [0.25, 0.3) is 0 Å². The van der Waals surface area contributed by atoms with Crippen molar-refractivity contribution in [3.63, 3.8) is 0 Å². The molecule has 0 aliphatic carbocycles. The number of carbonyl (C=O) groups is 2. The molecule has 2 amide bonds. The van der Waals surface area contributed by atoms with Gasteiger partial charge in [0.25, 0.3) is 0 Å². The van der Waals surface area contributed by atoms with Gasteiger partial charge in [-0.2, -0.15) is 0 Å². The van der Waals surface area contributed by atoms with Crippen LogP contribution in [0.15, 0.2) is 18.2 Å². The van der Waals surface area contributed by atoms with Crippen LogP contribution in [0.4, 0.5) is 10.5 Å². The Kier molecular flexibility index (Phi) is 5.95. The van der Waals surface area contributed by atoms with E-state index in [4.69, 9.17) is 10.2 Å². The van der Waals surface area contributed by atoms with Crippen molar-refractivity contribution >= 4 is 17.7 Å². The van der Waals surface area contributed by atoms with E-state index in [9.17, 15) is 9.59 Å². The topological polar surface area (TPSA) is 102 Å². The second kappa shape index (κ2) is 7.94. The standard InChI is InChI=1S/C16H23N3O4/c1-19-6-4-11-2-3-13(8-12(11)5-7-19)17-15(21)9-14(10-20)18-16(22)23/h2-3,8,14,18,20H,4-7,9-10H2,1H3,(H,17,21)(H,22,23). The molecular weight excluding hydrogens is 298 g/mol. The molecule has 1 aliphatic rings. The third-order valence-electron chi connectivity index (χ3n) is 4.00. The molecule has 1 unspecified atom stereocenters. The highest BCUT2D eigenvalue weighted by molar-refractivity contribution is 5.91. The van der Waals surface area contributed by atoms with Crippen molar-refractivity contribution in [3.05, 3.63) is 29.3 Å². The van der Waals surface area contributed by atoms with Crippen LogP contribution in [0.1, 0.15) is 17.5 Å². The number of fused-ring (bicyclic) bond motifs is 1. The van der Waals surface area contributed by atoms with Crippen molar-refractivity contribution in [2.24, 2.45) is 0 Å². The van der Waals surface area contributed by atoms with Gasteiger partial charge in [0.2, 0.25) is 5.91 Å². The lowest BCUT2D eigenvalue weighted by Crippen LogP contribution is -2.39. The van der Waals surface area contributed by atoms with E-state index < -0.39 is 18.7 Å². The average Bonchev–Trinajstić information content (AvgIpc) is 2.68. The fourth-order valence-electron chi connectivity index (χ4n) is 2.69. The lowest BCUT2D eigenvalue weighted by molar-refractivity contribution is -0.116. The van der Waals surface area contributed by atoms with Crippen LogP contribution in [-0.2, 0) is 17.6 Å². The zero-order valence-corrected chi connectivity index (χ0v) is 13.2. The van der Waals surface area contributed by atoms with Crippen molar-refractivity contribution in [1.29, 1.82) is 0 Å². The van der Waals surface area contributed by atoms with E-state index in [-0.39, 0.29) is 12.3 Å². The summed E-state index contributed by atoms with van der Waals surface area (Å²) in [6, 6.07) is 5.07. The van der Waals surface area contributed by atoms with Crippen LogP contribution >= 0.6 is 0 Å². The van der Waals surface area contributed by atoms with Crippen LogP contribution in [0.3, 0.4) is 0 Å². The average molecular weight is 321 g/mol. The van der Waals surface area contributed by atoms with Crippen molar-refractivity contribution in [1.82, 2.24) is 10.2 Å². The largest absolute Gasteiger partial charge is 0.465 e. The summed E-state index contributed by atoms with van der Waals surface area (Å²) < 4.78 is 0. The fourth-order valence-corrected chi connectivity index (χ4v) is 2.69. The molecule has 0 saturated heterocycles. The maximum atomic E-state index is 12.0. The minimum absolute atomic E-state index is 0.109. The Morgan fingerprint density at radius 3 is 2.61 bits per heavy atom. The normalized spacial score (nSPS) is 16.1. The summed E-state index contributed by atoms with van der Waals surface area (Å²) in [6.45, 7) is 1.59. The number of rotatable bonds is 5. The van der Waals surface area contributed by atoms with Crippen molar-refractivity contribution in [3.8, 4) is 0 Å². The van der Waals surface area contributed by atoms with E-state index in [1.54, 1.807) is 0 Å². The molecule has 0 spiro atoms. The molecule has 1 heterocycles. The number of nitrogens with one attached hydrogen (secondary N) is 2. The summed E-state index contributed by atoms with van der Waals surface area (Å²) in [5.41, 5.74) is 3.23. The van der Waals surface area contributed by atoms with E-state index in [1.165, 1.54) is 11.1 Å². The van der Waals surface area contributed by atoms with Gasteiger partial charge in [0.05, 0.1) is 12.6 Å². The van der Waals surface area contributed by atoms with Gasteiger partial charge in [0, 0.05) is 25.2 Å². The van der Waals surface area contributed by atoms with Crippen LogP contribution < -0.4 is 10.6 Å². The molecule has 4 N–H and O–H groups in total. The molecule has 2 rings (SSSR count). The predicted molar refractivity (Wildman–Crippen MR) is 86.6 cm³/mol. The number of anilines is 1. The number of benzene rings is 1. The Labute approximate surface area is 135 Å². The maximum absolute atomic E-state index is 12.0. The van der Waals surface area contributed by atoms with E-state index in [0.29, 0.717) is 5.69 Å². The van der Waals surface area contributed by atoms with Gasteiger partial charge in [-0.25, -0.2) is 4.79 Å². The SMILES string of the molecule is CN1CCc2ccc(NC(=O)CC(CO)NC(=O)O)cc2CC1. The first-order chi connectivity index (χ1) is 11.0. The number of carboxylic acid groups (broad SMARTS) is 1. The number of aliphatic hydroxyl groups excluding tert-OH is 1. The number of likely N-dealkylation sites (N-methyl/N-ethyl adjacent to an activating group) is 1. The highest BCUT2D eigenvalue weighted by atomic mass is 16.4. The van der Waals surface area contributed by atoms with Crippen molar-refractivity contribution in [2.45, 2.75) is 25.3 Å². The number of nitrogens with zero attached hydrogens (tertiary/aromatic N) is 1. The monoisotopic (exact) mass is 321 g/mol. The van der Waals surface area contributed by atoms with Gasteiger partial charge in [-0.3, -0.25) is 4.79 Å². The Hall–Kier alpha value is -2.12. The third-order valence-corrected chi connectivity index (χ3v) is 4.00. The smallest absolute Gasteiger partial charge is 0.404 e. The van der Waals surface area contributed by atoms with Crippen LogP contribution in [0, 0.1) is 0 Å². The molecule has 0 bridgehead atoms. The molecule has 126 valence electrons. The molecule has 7 nitrogen and oxygen atoms in total. The summed E-state index contributed by atoms with van der Waals surface area (Å²) in [4.78, 5) is 24.8. The summed E-state index contributed by atoms with van der Waals surface area (Å²) in [7, 11) is 2.10. The van der Waals surface area contributed by atoms with Gasteiger partial charge in [-0.05, 0) is 43.1 Å². The molecule has 23 heavy (non-hydrogen) atoms. The third kappa shape index (κ3) is 5.22. The highest BCUT2D eigenvalue weighted by Gasteiger charge is 2.16. The zero-order valence-electron chi connectivity index (χ0n) is 13.2. The Bertz CT molecular complexity index is 576. The van der Waals surface area contributed by atoms with Crippen LogP contribution in [-0.4, -0.2) is 59.9 Å². The van der Waals surface area contributed by atoms with Gasteiger partial charge >= 0.3 is 6.09 Å². The predicted octanol–water partition coefficient (Wildman–Crippen LogP) is 0.674. The number of amides is 2. The lowest BCUT2D eigenvalue weighted by Gasteiger charge is -2.14. The molecule has 0 fully saturated rings. The summed E-state index contributed by atoms with van der Waals surface area (Å²) in [6.07, 6.45) is 0.568. The first-order valence-electron chi connectivity index (χ1n) is 7.68. The van der Waals surface area contributed by atoms with E-state index >= 15 is 0 Å². The van der Waals surface area contributed by atoms with Gasteiger partial charge in [-0.1, -0.05) is 6.07 Å².